The molecule has 1 aromatic carbocycles. The highest BCUT2D eigenvalue weighted by molar-refractivity contribution is 5.88. The Morgan fingerprint density at radius 3 is 3.09 bits per heavy atom. The number of hydrogen-bond acceptors (Lipinski definition) is 5. The van der Waals surface area contributed by atoms with E-state index >= 15 is 0 Å². The standard InChI is InChI=1S/C15H16N4O3/c1-21-15-16-8-6-13(19-15)18-14(20)17-11-7-9-22-12-5-3-2-4-10(11)12/h2-6,8,11H,7,9H2,1H3,(H2,16,17,18,19,20)/t11-/m1/s1. The van der Waals surface area contributed by atoms with Gasteiger partial charge in [0.15, 0.2) is 0 Å². The minimum atomic E-state index is -0.331. The van der Waals surface area contributed by atoms with Gasteiger partial charge in [-0.1, -0.05) is 18.2 Å². The van der Waals surface area contributed by atoms with Gasteiger partial charge in [-0.05, 0) is 12.1 Å². The second kappa shape index (κ2) is 6.30. The number of ether oxygens (including phenoxy) is 2. The normalized spacial score (nSPS) is 16.1. The number of benzene rings is 1. The summed E-state index contributed by atoms with van der Waals surface area (Å²) in [5, 5.41) is 5.60. The fourth-order valence-corrected chi connectivity index (χ4v) is 2.31. The summed E-state index contributed by atoms with van der Waals surface area (Å²) in [6, 6.07) is 9.07. The minimum Gasteiger partial charge on any atom is -0.493 e. The molecule has 1 aliphatic rings. The molecule has 7 nitrogen and oxygen atoms in total. The largest absolute Gasteiger partial charge is 0.493 e. The number of aromatic nitrogens is 2. The van der Waals surface area contributed by atoms with Crippen LogP contribution in [0.1, 0.15) is 18.0 Å². The second-order valence-electron chi connectivity index (χ2n) is 4.75. The molecule has 0 saturated carbocycles. The number of carbonyl (C=O) groups excluding carboxylic acids is 1. The number of anilines is 1. The number of carbonyl (C=O) groups is 1. The third-order valence-corrected chi connectivity index (χ3v) is 3.32. The van der Waals surface area contributed by atoms with E-state index in [0.29, 0.717) is 12.4 Å². The summed E-state index contributed by atoms with van der Waals surface area (Å²) < 4.78 is 10.5. The summed E-state index contributed by atoms with van der Waals surface area (Å²) in [5.74, 6) is 1.19. The molecule has 2 amide bonds. The van der Waals surface area contributed by atoms with Crippen molar-refractivity contribution < 1.29 is 14.3 Å². The van der Waals surface area contributed by atoms with E-state index in [2.05, 4.69) is 20.6 Å². The third-order valence-electron chi connectivity index (χ3n) is 3.32. The number of hydrogen-bond donors (Lipinski definition) is 2. The molecule has 1 aromatic heterocycles. The van der Waals surface area contributed by atoms with E-state index in [1.165, 1.54) is 13.3 Å². The molecule has 0 unspecified atom stereocenters. The maximum atomic E-state index is 12.1. The number of amides is 2. The van der Waals surface area contributed by atoms with Crippen LogP contribution in [-0.2, 0) is 0 Å². The van der Waals surface area contributed by atoms with Crippen molar-refractivity contribution in [2.45, 2.75) is 12.5 Å². The molecule has 0 spiro atoms. The van der Waals surface area contributed by atoms with Gasteiger partial charge < -0.3 is 14.8 Å². The molecule has 22 heavy (non-hydrogen) atoms. The van der Waals surface area contributed by atoms with Gasteiger partial charge in [-0.2, -0.15) is 4.98 Å². The number of nitrogens with one attached hydrogen (secondary N) is 2. The lowest BCUT2D eigenvalue weighted by atomic mass is 10.0. The van der Waals surface area contributed by atoms with Crippen molar-refractivity contribution in [2.24, 2.45) is 0 Å². The summed E-state index contributed by atoms with van der Waals surface area (Å²) in [6.45, 7) is 0.573. The Kier molecular flexibility index (Phi) is 4.04. The van der Waals surface area contributed by atoms with Gasteiger partial charge in [0.2, 0.25) is 0 Å². The lowest BCUT2D eigenvalue weighted by molar-refractivity contribution is 0.232. The summed E-state index contributed by atoms with van der Waals surface area (Å²) in [4.78, 5) is 20.1. The van der Waals surface area contributed by atoms with Crippen molar-refractivity contribution in [2.75, 3.05) is 19.0 Å². The Bertz CT molecular complexity index is 677. The molecule has 0 saturated heterocycles. The van der Waals surface area contributed by atoms with Crippen molar-refractivity contribution in [1.29, 1.82) is 0 Å². The average Bonchev–Trinajstić information content (AvgIpc) is 2.55. The van der Waals surface area contributed by atoms with E-state index in [0.717, 1.165) is 17.7 Å². The van der Waals surface area contributed by atoms with E-state index in [1.54, 1.807) is 6.07 Å². The van der Waals surface area contributed by atoms with E-state index in [4.69, 9.17) is 9.47 Å². The fourth-order valence-electron chi connectivity index (χ4n) is 2.31. The van der Waals surface area contributed by atoms with Crippen molar-refractivity contribution >= 4 is 11.8 Å². The lowest BCUT2D eigenvalue weighted by Crippen LogP contribution is -2.35. The molecule has 2 heterocycles. The zero-order valence-corrected chi connectivity index (χ0v) is 12.1. The maximum absolute atomic E-state index is 12.1. The molecule has 0 fully saturated rings. The zero-order valence-electron chi connectivity index (χ0n) is 12.1. The second-order valence-corrected chi connectivity index (χ2v) is 4.75. The Hall–Kier alpha value is -2.83. The van der Waals surface area contributed by atoms with Crippen molar-refractivity contribution in [3.8, 4) is 11.8 Å². The number of methoxy groups -OCH3 is 1. The summed E-state index contributed by atoms with van der Waals surface area (Å²) in [5.41, 5.74) is 0.976. The maximum Gasteiger partial charge on any atom is 0.320 e. The van der Waals surface area contributed by atoms with Crippen molar-refractivity contribution in [3.05, 3.63) is 42.1 Å². The Morgan fingerprint density at radius 1 is 1.36 bits per heavy atom. The van der Waals surface area contributed by atoms with Crippen molar-refractivity contribution in [1.82, 2.24) is 15.3 Å². The van der Waals surface area contributed by atoms with Crippen LogP contribution < -0.4 is 20.1 Å². The van der Waals surface area contributed by atoms with Gasteiger partial charge in [-0.3, -0.25) is 5.32 Å². The zero-order chi connectivity index (χ0) is 15.4. The van der Waals surface area contributed by atoms with Gasteiger partial charge >= 0.3 is 12.0 Å². The lowest BCUT2D eigenvalue weighted by Gasteiger charge is -2.26. The molecule has 0 aliphatic carbocycles. The number of fused-ring (bicyclic) bond motifs is 1. The molecule has 7 heteroatoms. The molecule has 0 radical (unpaired) electrons. The fraction of sp³-hybridized carbons (Fsp3) is 0.267. The topological polar surface area (TPSA) is 85.4 Å². The predicted octanol–water partition coefficient (Wildman–Crippen LogP) is 2.13. The van der Waals surface area contributed by atoms with Crippen LogP contribution in [0, 0.1) is 0 Å². The van der Waals surface area contributed by atoms with E-state index < -0.39 is 0 Å². The molecule has 1 atom stereocenters. The molecule has 3 rings (SSSR count). The monoisotopic (exact) mass is 300 g/mol. The van der Waals surface area contributed by atoms with E-state index in [9.17, 15) is 4.79 Å². The molecule has 2 aromatic rings. The smallest absolute Gasteiger partial charge is 0.320 e. The van der Waals surface area contributed by atoms with Crippen molar-refractivity contribution in [3.63, 3.8) is 0 Å². The van der Waals surface area contributed by atoms with Crippen LogP contribution in [0.3, 0.4) is 0 Å². The van der Waals surface area contributed by atoms with Crippen LogP contribution in [0.25, 0.3) is 0 Å². The van der Waals surface area contributed by atoms with E-state index in [1.807, 2.05) is 24.3 Å². The van der Waals surface area contributed by atoms with Gasteiger partial charge in [0.05, 0.1) is 19.8 Å². The first kappa shape index (κ1) is 14.1. The van der Waals surface area contributed by atoms with Gasteiger partial charge in [0.1, 0.15) is 11.6 Å². The highest BCUT2D eigenvalue weighted by atomic mass is 16.5. The minimum absolute atomic E-state index is 0.0892. The Balaban J connectivity index is 1.67. The number of urea groups is 1. The Morgan fingerprint density at radius 2 is 2.23 bits per heavy atom. The molecule has 1 aliphatic heterocycles. The SMILES string of the molecule is COc1nccc(NC(=O)N[C@@H]2CCOc3ccccc32)n1. The quantitative estimate of drug-likeness (QED) is 0.907. The van der Waals surface area contributed by atoms with Gasteiger partial charge in [0, 0.05) is 18.2 Å². The van der Waals surface area contributed by atoms with Crippen LogP contribution in [0.2, 0.25) is 0 Å². The molecule has 114 valence electrons. The third kappa shape index (κ3) is 3.08. The molecular formula is C15H16N4O3. The number of nitrogens with zero attached hydrogens (tertiary/aromatic N) is 2. The van der Waals surface area contributed by atoms with Gasteiger partial charge in [-0.15, -0.1) is 0 Å². The molecule has 0 bridgehead atoms. The summed E-state index contributed by atoms with van der Waals surface area (Å²) in [6.07, 6.45) is 2.24. The highest BCUT2D eigenvalue weighted by Crippen LogP contribution is 2.31. The highest BCUT2D eigenvalue weighted by Gasteiger charge is 2.22. The van der Waals surface area contributed by atoms with Gasteiger partial charge in [0.25, 0.3) is 0 Å². The summed E-state index contributed by atoms with van der Waals surface area (Å²) >= 11 is 0. The summed E-state index contributed by atoms with van der Waals surface area (Å²) in [7, 11) is 1.47. The first-order chi connectivity index (χ1) is 10.8. The van der Waals surface area contributed by atoms with Crippen LogP contribution in [0.4, 0.5) is 10.6 Å². The Labute approximate surface area is 127 Å². The van der Waals surface area contributed by atoms with Crippen LogP contribution in [-0.4, -0.2) is 29.7 Å². The van der Waals surface area contributed by atoms with Gasteiger partial charge in [-0.25, -0.2) is 9.78 Å². The number of rotatable bonds is 3. The first-order valence-electron chi connectivity index (χ1n) is 6.92. The number of para-hydroxylation sites is 1. The van der Waals surface area contributed by atoms with Crippen LogP contribution in [0.5, 0.6) is 11.8 Å². The van der Waals surface area contributed by atoms with Crippen LogP contribution >= 0.6 is 0 Å². The van der Waals surface area contributed by atoms with E-state index in [-0.39, 0.29) is 18.1 Å². The average molecular weight is 300 g/mol. The predicted molar refractivity (Wildman–Crippen MR) is 80.0 cm³/mol. The molecular weight excluding hydrogens is 284 g/mol. The first-order valence-corrected chi connectivity index (χ1v) is 6.92. The van der Waals surface area contributed by atoms with Crippen LogP contribution in [0.15, 0.2) is 36.5 Å². The molecule has 2 N–H and O–H groups in total.